The molecule has 0 aliphatic carbocycles. The zero-order valence-electron chi connectivity index (χ0n) is 18.5. The fourth-order valence-electron chi connectivity index (χ4n) is 4.40. The van der Waals surface area contributed by atoms with Crippen molar-refractivity contribution in [1.29, 1.82) is 0 Å². The van der Waals surface area contributed by atoms with Gasteiger partial charge in [-0.1, -0.05) is 60.7 Å². The molecule has 0 saturated carbocycles. The molecule has 2 aromatic heterocycles. The van der Waals surface area contributed by atoms with Crippen molar-refractivity contribution in [2.75, 3.05) is 24.5 Å². The first kappa shape index (κ1) is 21.1. The summed E-state index contributed by atoms with van der Waals surface area (Å²) in [6.45, 7) is 2.93. The maximum Gasteiger partial charge on any atom is 0.226 e. The first-order valence-electron chi connectivity index (χ1n) is 11.4. The fourth-order valence-corrected chi connectivity index (χ4v) is 4.40. The number of rotatable bonds is 7. The largest absolute Gasteiger partial charge is 0.355 e. The zero-order valence-corrected chi connectivity index (χ0v) is 18.5. The number of tetrazole rings is 1. The minimum Gasteiger partial charge on any atom is -0.355 e. The Hall–Kier alpha value is -3.81. The van der Waals surface area contributed by atoms with Crippen LogP contribution in [0.15, 0.2) is 72.8 Å². The van der Waals surface area contributed by atoms with Crippen LogP contribution in [0.2, 0.25) is 0 Å². The zero-order chi connectivity index (χ0) is 22.5. The van der Waals surface area contributed by atoms with E-state index in [4.69, 9.17) is 0 Å². The van der Waals surface area contributed by atoms with E-state index in [2.05, 4.69) is 61.9 Å². The summed E-state index contributed by atoms with van der Waals surface area (Å²) in [4.78, 5) is 17.8. The van der Waals surface area contributed by atoms with Crippen molar-refractivity contribution in [3.05, 3.63) is 83.9 Å². The van der Waals surface area contributed by atoms with Gasteiger partial charge < -0.3 is 9.80 Å². The number of carbonyl (C=O) groups excluding carboxylic acids is 1. The van der Waals surface area contributed by atoms with Gasteiger partial charge in [-0.15, -0.1) is 14.8 Å². The first-order chi connectivity index (χ1) is 16.3. The molecule has 8 nitrogen and oxygen atoms in total. The van der Waals surface area contributed by atoms with Crippen LogP contribution in [0.5, 0.6) is 0 Å². The predicted molar refractivity (Wildman–Crippen MR) is 126 cm³/mol. The lowest BCUT2D eigenvalue weighted by molar-refractivity contribution is -0.136. The second kappa shape index (κ2) is 9.77. The summed E-state index contributed by atoms with van der Waals surface area (Å²) in [6.07, 6.45) is 2.48. The second-order valence-corrected chi connectivity index (χ2v) is 8.46. The molecule has 3 heterocycles. The Kier molecular flexibility index (Phi) is 6.23. The molecule has 0 bridgehead atoms. The van der Waals surface area contributed by atoms with Gasteiger partial charge in [0.25, 0.3) is 0 Å². The van der Waals surface area contributed by atoms with E-state index >= 15 is 0 Å². The monoisotopic (exact) mass is 441 g/mol. The summed E-state index contributed by atoms with van der Waals surface area (Å²) in [7, 11) is 0. The highest BCUT2D eigenvalue weighted by Gasteiger charge is 2.29. The highest BCUT2D eigenvalue weighted by atomic mass is 16.2. The SMILES string of the molecule is O=C(C1CCN(c2ccc3nnnn3n2)CC1)N(CCc1ccccc1)Cc1ccccc1. The number of aromatic nitrogens is 5. The molecule has 1 aliphatic heterocycles. The lowest BCUT2D eigenvalue weighted by atomic mass is 9.94. The molecule has 0 unspecified atom stereocenters. The van der Waals surface area contributed by atoms with E-state index in [0.29, 0.717) is 12.2 Å². The Labute approximate surface area is 192 Å². The molecule has 4 aromatic rings. The van der Waals surface area contributed by atoms with Crippen LogP contribution >= 0.6 is 0 Å². The van der Waals surface area contributed by atoms with Crippen LogP contribution in [0.25, 0.3) is 5.65 Å². The number of amides is 1. The molecule has 0 radical (unpaired) electrons. The van der Waals surface area contributed by atoms with Gasteiger partial charge in [-0.25, -0.2) is 0 Å². The number of anilines is 1. The standard InChI is InChI=1S/C25H27N7O/c33-25(22-14-17-30(18-15-22)24-12-11-23-26-28-29-32(23)27-24)31(19-21-9-5-2-6-10-21)16-13-20-7-3-1-4-8-20/h1-12,22H,13-19H2. The van der Waals surface area contributed by atoms with E-state index in [9.17, 15) is 4.79 Å². The van der Waals surface area contributed by atoms with Crippen LogP contribution < -0.4 is 4.90 Å². The van der Waals surface area contributed by atoms with Gasteiger partial charge in [0.1, 0.15) is 0 Å². The molecular formula is C25H27N7O. The number of hydrogen-bond acceptors (Lipinski definition) is 6. The number of fused-ring (bicyclic) bond motifs is 1. The van der Waals surface area contributed by atoms with Crippen LogP contribution in [-0.2, 0) is 17.8 Å². The van der Waals surface area contributed by atoms with E-state index in [1.165, 1.54) is 10.2 Å². The lowest BCUT2D eigenvalue weighted by Gasteiger charge is -2.35. The molecule has 2 aromatic carbocycles. The average molecular weight is 442 g/mol. The molecule has 1 fully saturated rings. The Morgan fingerprint density at radius 3 is 2.33 bits per heavy atom. The quantitative estimate of drug-likeness (QED) is 0.439. The van der Waals surface area contributed by atoms with Crippen LogP contribution in [-0.4, -0.2) is 55.7 Å². The second-order valence-electron chi connectivity index (χ2n) is 8.46. The average Bonchev–Trinajstić information content (AvgIpc) is 3.35. The van der Waals surface area contributed by atoms with Crippen LogP contribution in [0.1, 0.15) is 24.0 Å². The summed E-state index contributed by atoms with van der Waals surface area (Å²) in [5, 5.41) is 15.9. The molecule has 0 N–H and O–H groups in total. The topological polar surface area (TPSA) is 79.5 Å². The first-order valence-corrected chi connectivity index (χ1v) is 11.4. The molecular weight excluding hydrogens is 414 g/mol. The van der Waals surface area contributed by atoms with Crippen LogP contribution in [0.4, 0.5) is 5.82 Å². The van der Waals surface area contributed by atoms with E-state index in [1.54, 1.807) is 0 Å². The summed E-state index contributed by atoms with van der Waals surface area (Å²) >= 11 is 0. The molecule has 1 amide bonds. The maximum absolute atomic E-state index is 13.6. The molecule has 1 saturated heterocycles. The Morgan fingerprint density at radius 1 is 0.909 bits per heavy atom. The number of nitrogens with zero attached hydrogens (tertiary/aromatic N) is 7. The van der Waals surface area contributed by atoms with E-state index < -0.39 is 0 Å². The molecule has 1 aliphatic rings. The number of carbonyl (C=O) groups is 1. The minimum absolute atomic E-state index is 0.0255. The molecule has 5 rings (SSSR count). The third-order valence-corrected chi connectivity index (χ3v) is 6.26. The molecule has 168 valence electrons. The van der Waals surface area contributed by atoms with Crippen LogP contribution in [0.3, 0.4) is 0 Å². The van der Waals surface area contributed by atoms with Crippen molar-refractivity contribution in [2.24, 2.45) is 5.92 Å². The van der Waals surface area contributed by atoms with Crippen molar-refractivity contribution < 1.29 is 4.79 Å². The lowest BCUT2D eigenvalue weighted by Crippen LogP contribution is -2.43. The molecule has 8 heteroatoms. The van der Waals surface area contributed by atoms with Gasteiger partial charge in [-0.2, -0.15) is 0 Å². The third-order valence-electron chi connectivity index (χ3n) is 6.26. The van der Waals surface area contributed by atoms with Crippen molar-refractivity contribution in [1.82, 2.24) is 30.2 Å². The smallest absolute Gasteiger partial charge is 0.226 e. The Morgan fingerprint density at radius 2 is 1.61 bits per heavy atom. The maximum atomic E-state index is 13.6. The van der Waals surface area contributed by atoms with Gasteiger partial charge in [0.2, 0.25) is 5.91 Å². The van der Waals surface area contributed by atoms with Gasteiger partial charge in [-0.05, 0) is 52.9 Å². The van der Waals surface area contributed by atoms with Gasteiger partial charge >= 0.3 is 0 Å². The molecule has 33 heavy (non-hydrogen) atoms. The van der Waals surface area contributed by atoms with E-state index in [1.807, 2.05) is 41.3 Å². The van der Waals surface area contributed by atoms with Gasteiger partial charge in [0, 0.05) is 32.1 Å². The van der Waals surface area contributed by atoms with Gasteiger partial charge in [-0.3, -0.25) is 4.79 Å². The van der Waals surface area contributed by atoms with Crippen molar-refractivity contribution in [3.8, 4) is 0 Å². The Balaban J connectivity index is 1.25. The third kappa shape index (κ3) is 5.00. The minimum atomic E-state index is 0.0255. The highest BCUT2D eigenvalue weighted by Crippen LogP contribution is 2.24. The van der Waals surface area contributed by atoms with Crippen molar-refractivity contribution in [2.45, 2.75) is 25.8 Å². The number of hydrogen-bond donors (Lipinski definition) is 0. The molecule has 0 atom stereocenters. The van der Waals surface area contributed by atoms with Crippen LogP contribution in [0, 0.1) is 5.92 Å². The van der Waals surface area contributed by atoms with Crippen molar-refractivity contribution in [3.63, 3.8) is 0 Å². The summed E-state index contributed by atoms with van der Waals surface area (Å²) < 4.78 is 1.44. The van der Waals surface area contributed by atoms with Crippen molar-refractivity contribution >= 4 is 17.4 Å². The van der Waals surface area contributed by atoms with E-state index in [-0.39, 0.29) is 11.8 Å². The highest BCUT2D eigenvalue weighted by molar-refractivity contribution is 5.79. The molecule has 0 spiro atoms. The number of benzene rings is 2. The van der Waals surface area contributed by atoms with E-state index in [0.717, 1.165) is 50.3 Å². The normalized spacial score (nSPS) is 14.5. The predicted octanol–water partition coefficient (Wildman–Crippen LogP) is 3.01. The summed E-state index contributed by atoms with van der Waals surface area (Å²) in [5.74, 6) is 1.11. The Bertz CT molecular complexity index is 1190. The van der Waals surface area contributed by atoms with Gasteiger partial charge in [0.15, 0.2) is 11.5 Å². The fraction of sp³-hybridized carbons (Fsp3) is 0.320. The van der Waals surface area contributed by atoms with Gasteiger partial charge in [0.05, 0.1) is 0 Å². The number of piperidine rings is 1. The summed E-state index contributed by atoms with van der Waals surface area (Å²) in [5.41, 5.74) is 3.04. The summed E-state index contributed by atoms with van der Waals surface area (Å²) in [6, 6.07) is 24.4.